The maximum atomic E-state index is 13.5. The number of nitrogens with zero attached hydrogens (tertiary/aromatic N) is 2. The molecular weight excluding hydrogens is 272 g/mol. The smallest absolute Gasteiger partial charge is 0.159 e. The van der Waals surface area contributed by atoms with Gasteiger partial charge in [0.15, 0.2) is 11.6 Å². The molecule has 5 heteroatoms. The van der Waals surface area contributed by atoms with Gasteiger partial charge < -0.3 is 5.32 Å². The summed E-state index contributed by atoms with van der Waals surface area (Å²) in [6, 6.07) is 11.5. The molecule has 1 unspecified atom stereocenters. The van der Waals surface area contributed by atoms with E-state index in [1.807, 2.05) is 31.3 Å². The van der Waals surface area contributed by atoms with Crippen LogP contribution in [-0.2, 0) is 7.05 Å². The minimum Gasteiger partial charge on any atom is -0.308 e. The van der Waals surface area contributed by atoms with Gasteiger partial charge in [-0.05, 0) is 30.8 Å². The summed E-state index contributed by atoms with van der Waals surface area (Å²) in [5.41, 5.74) is 2.43. The molecule has 21 heavy (non-hydrogen) atoms. The molecule has 0 saturated carbocycles. The van der Waals surface area contributed by atoms with Crippen molar-refractivity contribution in [1.82, 2.24) is 15.1 Å². The summed E-state index contributed by atoms with van der Waals surface area (Å²) in [4.78, 5) is 0. The third kappa shape index (κ3) is 2.29. The fraction of sp³-hybridized carbons (Fsp3) is 0.188. The molecule has 0 saturated heterocycles. The normalized spacial score (nSPS) is 12.8. The lowest BCUT2D eigenvalue weighted by atomic mass is 10.0. The number of aromatic nitrogens is 2. The number of hydrogen-bond acceptors (Lipinski definition) is 2. The average Bonchev–Trinajstić information content (AvgIpc) is 2.82. The fourth-order valence-electron chi connectivity index (χ4n) is 2.61. The van der Waals surface area contributed by atoms with Gasteiger partial charge in [0.1, 0.15) is 0 Å². The molecule has 3 rings (SSSR count). The van der Waals surface area contributed by atoms with Gasteiger partial charge in [-0.1, -0.05) is 24.3 Å². The molecule has 0 spiro atoms. The summed E-state index contributed by atoms with van der Waals surface area (Å²) in [5.74, 6) is -1.70. The Morgan fingerprint density at radius 3 is 2.57 bits per heavy atom. The number of benzene rings is 2. The zero-order chi connectivity index (χ0) is 15.0. The van der Waals surface area contributed by atoms with Crippen LogP contribution in [0.5, 0.6) is 0 Å². The summed E-state index contributed by atoms with van der Waals surface area (Å²) in [6.07, 6.45) is 0. The molecule has 2 aromatic carbocycles. The van der Waals surface area contributed by atoms with E-state index in [-0.39, 0.29) is 6.04 Å². The Labute approximate surface area is 121 Å². The van der Waals surface area contributed by atoms with Gasteiger partial charge in [0.05, 0.1) is 17.3 Å². The molecule has 1 heterocycles. The quantitative estimate of drug-likeness (QED) is 0.802. The highest BCUT2D eigenvalue weighted by Crippen LogP contribution is 2.28. The molecule has 0 radical (unpaired) electrons. The number of rotatable bonds is 3. The van der Waals surface area contributed by atoms with Crippen molar-refractivity contribution in [2.24, 2.45) is 7.05 Å². The van der Waals surface area contributed by atoms with E-state index >= 15 is 0 Å². The van der Waals surface area contributed by atoms with Crippen LogP contribution in [0.4, 0.5) is 8.78 Å². The van der Waals surface area contributed by atoms with Crippen molar-refractivity contribution in [1.29, 1.82) is 0 Å². The average molecular weight is 287 g/mol. The molecule has 0 bridgehead atoms. The number of aryl methyl sites for hydroxylation is 1. The topological polar surface area (TPSA) is 29.9 Å². The van der Waals surface area contributed by atoms with Crippen molar-refractivity contribution < 1.29 is 8.78 Å². The first-order valence-corrected chi connectivity index (χ1v) is 6.65. The molecule has 1 aromatic heterocycles. The van der Waals surface area contributed by atoms with Gasteiger partial charge in [0, 0.05) is 12.4 Å². The number of para-hydroxylation sites is 1. The van der Waals surface area contributed by atoms with Crippen LogP contribution in [0.15, 0.2) is 42.5 Å². The van der Waals surface area contributed by atoms with Gasteiger partial charge >= 0.3 is 0 Å². The molecule has 0 aliphatic carbocycles. The Hall–Kier alpha value is -2.27. The Balaban J connectivity index is 2.16. The first-order chi connectivity index (χ1) is 10.1. The number of halogens is 2. The van der Waals surface area contributed by atoms with Crippen LogP contribution in [0.1, 0.15) is 17.3 Å². The molecule has 0 amide bonds. The Morgan fingerprint density at radius 1 is 1.10 bits per heavy atom. The van der Waals surface area contributed by atoms with E-state index in [9.17, 15) is 8.78 Å². The molecule has 1 N–H and O–H groups in total. The van der Waals surface area contributed by atoms with Gasteiger partial charge in [-0.2, -0.15) is 5.10 Å². The second-order valence-electron chi connectivity index (χ2n) is 4.92. The third-order valence-corrected chi connectivity index (χ3v) is 3.63. The summed E-state index contributed by atoms with van der Waals surface area (Å²) in [7, 11) is 3.64. The Bertz CT molecular complexity index is 795. The molecule has 0 aliphatic heterocycles. The maximum absolute atomic E-state index is 13.5. The van der Waals surface area contributed by atoms with Gasteiger partial charge in [-0.3, -0.25) is 4.68 Å². The number of fused-ring (bicyclic) bond motifs is 1. The summed E-state index contributed by atoms with van der Waals surface area (Å²) in [6.45, 7) is 0. The van der Waals surface area contributed by atoms with E-state index < -0.39 is 11.6 Å². The third-order valence-electron chi connectivity index (χ3n) is 3.63. The molecular formula is C16H15F2N3. The molecule has 108 valence electrons. The lowest BCUT2D eigenvalue weighted by Crippen LogP contribution is -2.19. The predicted molar refractivity (Wildman–Crippen MR) is 78.0 cm³/mol. The second kappa shape index (κ2) is 5.26. The van der Waals surface area contributed by atoms with Crippen LogP contribution in [0.3, 0.4) is 0 Å². The highest BCUT2D eigenvalue weighted by atomic mass is 19.2. The minimum absolute atomic E-state index is 0.300. The van der Waals surface area contributed by atoms with Crippen molar-refractivity contribution in [2.45, 2.75) is 6.04 Å². The van der Waals surface area contributed by atoms with E-state index in [0.717, 1.165) is 22.7 Å². The molecule has 3 nitrogen and oxygen atoms in total. The highest BCUT2D eigenvalue weighted by molar-refractivity contribution is 5.82. The molecule has 0 fully saturated rings. The monoisotopic (exact) mass is 287 g/mol. The zero-order valence-electron chi connectivity index (χ0n) is 11.8. The predicted octanol–water partition coefficient (Wildman–Crippen LogP) is 3.16. The summed E-state index contributed by atoms with van der Waals surface area (Å²) in [5, 5.41) is 8.64. The Morgan fingerprint density at radius 2 is 1.86 bits per heavy atom. The standard InChI is InChI=1S/C16H15F2N3/c1-19-15(10-7-8-12(17)13(18)9-10)16-11-5-3-4-6-14(11)21(2)20-16/h3-9,15,19H,1-2H3. The largest absolute Gasteiger partial charge is 0.308 e. The molecule has 0 aliphatic rings. The van der Waals surface area contributed by atoms with Crippen LogP contribution >= 0.6 is 0 Å². The van der Waals surface area contributed by atoms with Gasteiger partial charge in [0.25, 0.3) is 0 Å². The lowest BCUT2D eigenvalue weighted by molar-refractivity contribution is 0.504. The lowest BCUT2D eigenvalue weighted by Gasteiger charge is -2.15. The number of hydrogen-bond donors (Lipinski definition) is 1. The highest BCUT2D eigenvalue weighted by Gasteiger charge is 2.20. The van der Waals surface area contributed by atoms with Gasteiger partial charge in [0.2, 0.25) is 0 Å². The Kier molecular flexibility index (Phi) is 3.43. The maximum Gasteiger partial charge on any atom is 0.159 e. The van der Waals surface area contributed by atoms with Crippen LogP contribution in [0.25, 0.3) is 10.9 Å². The van der Waals surface area contributed by atoms with Crippen LogP contribution in [0, 0.1) is 11.6 Å². The fourth-order valence-corrected chi connectivity index (χ4v) is 2.61. The SMILES string of the molecule is CNC(c1ccc(F)c(F)c1)c1nn(C)c2ccccc12. The first kappa shape index (κ1) is 13.7. The van der Waals surface area contributed by atoms with Crippen molar-refractivity contribution in [3.8, 4) is 0 Å². The van der Waals surface area contributed by atoms with Crippen LogP contribution in [-0.4, -0.2) is 16.8 Å². The first-order valence-electron chi connectivity index (χ1n) is 6.65. The van der Waals surface area contributed by atoms with Gasteiger partial charge in [-0.15, -0.1) is 0 Å². The van der Waals surface area contributed by atoms with Gasteiger partial charge in [-0.25, -0.2) is 8.78 Å². The van der Waals surface area contributed by atoms with Crippen molar-refractivity contribution >= 4 is 10.9 Å². The summed E-state index contributed by atoms with van der Waals surface area (Å²) >= 11 is 0. The molecule has 1 atom stereocenters. The molecule has 3 aromatic rings. The van der Waals surface area contributed by atoms with E-state index in [1.165, 1.54) is 6.07 Å². The van der Waals surface area contributed by atoms with Crippen molar-refractivity contribution in [2.75, 3.05) is 7.05 Å². The van der Waals surface area contributed by atoms with E-state index in [4.69, 9.17) is 0 Å². The summed E-state index contributed by atoms with van der Waals surface area (Å²) < 4.78 is 28.4. The van der Waals surface area contributed by atoms with E-state index in [2.05, 4.69) is 10.4 Å². The zero-order valence-corrected chi connectivity index (χ0v) is 11.8. The van der Waals surface area contributed by atoms with Crippen molar-refractivity contribution in [3.05, 3.63) is 65.4 Å². The minimum atomic E-state index is -0.854. The van der Waals surface area contributed by atoms with Crippen LogP contribution < -0.4 is 5.32 Å². The second-order valence-corrected chi connectivity index (χ2v) is 4.92. The number of nitrogens with one attached hydrogen (secondary N) is 1. The van der Waals surface area contributed by atoms with E-state index in [1.54, 1.807) is 17.8 Å². The van der Waals surface area contributed by atoms with Crippen LogP contribution in [0.2, 0.25) is 0 Å². The van der Waals surface area contributed by atoms with Crippen molar-refractivity contribution in [3.63, 3.8) is 0 Å². The van der Waals surface area contributed by atoms with E-state index in [0.29, 0.717) is 5.56 Å².